The van der Waals surface area contributed by atoms with E-state index in [2.05, 4.69) is 27.9 Å². The minimum Gasteiger partial charge on any atom is -0.322 e. The Morgan fingerprint density at radius 2 is 2.00 bits per heavy atom. The standard InChI is InChI=1S/C14H11FINO/c1-9-7-10(5-6-13(9)15)14(18)17-12-4-2-3-11(16)8-12/h2-8H,1H3,(H,17,18). The van der Waals surface area contributed by atoms with Crippen LogP contribution in [-0.4, -0.2) is 5.91 Å². The van der Waals surface area contributed by atoms with Crippen molar-refractivity contribution in [3.8, 4) is 0 Å². The molecule has 2 nitrogen and oxygen atoms in total. The van der Waals surface area contributed by atoms with Crippen molar-refractivity contribution in [2.24, 2.45) is 0 Å². The van der Waals surface area contributed by atoms with E-state index in [-0.39, 0.29) is 11.7 Å². The molecule has 0 unspecified atom stereocenters. The molecule has 92 valence electrons. The fraction of sp³-hybridized carbons (Fsp3) is 0.0714. The van der Waals surface area contributed by atoms with Crippen LogP contribution in [0.2, 0.25) is 0 Å². The van der Waals surface area contributed by atoms with E-state index < -0.39 is 0 Å². The van der Waals surface area contributed by atoms with Crippen molar-refractivity contribution in [1.29, 1.82) is 0 Å². The van der Waals surface area contributed by atoms with Crippen LogP contribution < -0.4 is 5.32 Å². The van der Waals surface area contributed by atoms with Crippen LogP contribution in [0.15, 0.2) is 42.5 Å². The molecule has 0 aliphatic carbocycles. The lowest BCUT2D eigenvalue weighted by atomic mass is 10.1. The normalized spacial score (nSPS) is 10.2. The average Bonchev–Trinajstić information content (AvgIpc) is 2.32. The van der Waals surface area contributed by atoms with E-state index >= 15 is 0 Å². The summed E-state index contributed by atoms with van der Waals surface area (Å²) in [6.45, 7) is 1.64. The van der Waals surface area contributed by atoms with Crippen molar-refractivity contribution < 1.29 is 9.18 Å². The van der Waals surface area contributed by atoms with Crippen LogP contribution in [-0.2, 0) is 0 Å². The number of nitrogens with one attached hydrogen (secondary N) is 1. The van der Waals surface area contributed by atoms with Gasteiger partial charge in [-0.25, -0.2) is 4.39 Å². The Labute approximate surface area is 118 Å². The topological polar surface area (TPSA) is 29.1 Å². The van der Waals surface area contributed by atoms with Gasteiger partial charge in [-0.05, 0) is 71.5 Å². The SMILES string of the molecule is Cc1cc(C(=O)Nc2cccc(I)c2)ccc1F. The zero-order chi connectivity index (χ0) is 13.1. The maximum Gasteiger partial charge on any atom is 0.255 e. The summed E-state index contributed by atoms with van der Waals surface area (Å²) in [5, 5.41) is 2.78. The second kappa shape index (κ2) is 5.48. The number of hydrogen-bond acceptors (Lipinski definition) is 1. The summed E-state index contributed by atoms with van der Waals surface area (Å²) in [5.41, 5.74) is 1.65. The number of amides is 1. The van der Waals surface area contributed by atoms with Gasteiger partial charge in [-0.2, -0.15) is 0 Å². The zero-order valence-electron chi connectivity index (χ0n) is 9.71. The summed E-state index contributed by atoms with van der Waals surface area (Å²) < 4.78 is 14.2. The van der Waals surface area contributed by atoms with Gasteiger partial charge in [-0.15, -0.1) is 0 Å². The van der Waals surface area contributed by atoms with Crippen LogP contribution in [0, 0.1) is 16.3 Å². The second-order valence-electron chi connectivity index (χ2n) is 3.93. The smallest absolute Gasteiger partial charge is 0.255 e. The molecule has 2 rings (SSSR count). The van der Waals surface area contributed by atoms with Gasteiger partial charge in [-0.1, -0.05) is 6.07 Å². The van der Waals surface area contributed by atoms with Gasteiger partial charge in [0.15, 0.2) is 0 Å². The summed E-state index contributed by atoms with van der Waals surface area (Å²) >= 11 is 2.18. The first-order valence-electron chi connectivity index (χ1n) is 5.39. The van der Waals surface area contributed by atoms with Crippen LogP contribution in [0.25, 0.3) is 0 Å². The third-order valence-corrected chi connectivity index (χ3v) is 3.17. The average molecular weight is 355 g/mol. The first-order valence-corrected chi connectivity index (χ1v) is 6.47. The van der Waals surface area contributed by atoms with Gasteiger partial charge in [0, 0.05) is 14.8 Å². The molecular weight excluding hydrogens is 344 g/mol. The highest BCUT2D eigenvalue weighted by molar-refractivity contribution is 14.1. The van der Waals surface area contributed by atoms with E-state index in [0.29, 0.717) is 11.1 Å². The highest BCUT2D eigenvalue weighted by Crippen LogP contribution is 2.15. The van der Waals surface area contributed by atoms with Crippen molar-refractivity contribution in [3.63, 3.8) is 0 Å². The van der Waals surface area contributed by atoms with E-state index in [1.807, 2.05) is 24.3 Å². The maximum atomic E-state index is 13.1. The molecule has 1 N–H and O–H groups in total. The Balaban J connectivity index is 2.19. The Morgan fingerprint density at radius 1 is 1.22 bits per heavy atom. The number of carbonyl (C=O) groups is 1. The molecule has 1 amide bonds. The number of halogens is 2. The van der Waals surface area contributed by atoms with Crippen molar-refractivity contribution >= 4 is 34.2 Å². The minimum absolute atomic E-state index is 0.236. The summed E-state index contributed by atoms with van der Waals surface area (Å²) in [4.78, 5) is 12.0. The maximum absolute atomic E-state index is 13.1. The van der Waals surface area contributed by atoms with Crippen LogP contribution in [0.5, 0.6) is 0 Å². The molecule has 2 aromatic carbocycles. The monoisotopic (exact) mass is 355 g/mol. The second-order valence-corrected chi connectivity index (χ2v) is 5.17. The Bertz CT molecular complexity index is 598. The Hall–Kier alpha value is -1.43. The van der Waals surface area contributed by atoms with Crippen molar-refractivity contribution in [2.75, 3.05) is 5.32 Å². The quantitative estimate of drug-likeness (QED) is 0.811. The van der Waals surface area contributed by atoms with Gasteiger partial charge in [0.05, 0.1) is 0 Å². The predicted molar refractivity (Wildman–Crippen MR) is 78.2 cm³/mol. The molecule has 0 spiro atoms. The van der Waals surface area contributed by atoms with Crippen LogP contribution in [0.3, 0.4) is 0 Å². The van der Waals surface area contributed by atoms with E-state index in [0.717, 1.165) is 9.26 Å². The van der Waals surface area contributed by atoms with E-state index in [1.54, 1.807) is 13.0 Å². The molecule has 0 radical (unpaired) electrons. The first-order chi connectivity index (χ1) is 8.56. The van der Waals surface area contributed by atoms with E-state index in [9.17, 15) is 9.18 Å². The third kappa shape index (κ3) is 3.07. The van der Waals surface area contributed by atoms with Crippen LogP contribution in [0.4, 0.5) is 10.1 Å². The van der Waals surface area contributed by atoms with Gasteiger partial charge < -0.3 is 5.32 Å². The first kappa shape index (κ1) is 13.0. The lowest BCUT2D eigenvalue weighted by Gasteiger charge is -2.06. The highest BCUT2D eigenvalue weighted by atomic mass is 127. The van der Waals surface area contributed by atoms with E-state index in [4.69, 9.17) is 0 Å². The van der Waals surface area contributed by atoms with Crippen molar-refractivity contribution in [1.82, 2.24) is 0 Å². The molecule has 0 heterocycles. The largest absolute Gasteiger partial charge is 0.322 e. The molecular formula is C14H11FINO. The summed E-state index contributed by atoms with van der Waals surface area (Å²) in [6, 6.07) is 11.8. The fourth-order valence-corrected chi connectivity index (χ4v) is 2.10. The van der Waals surface area contributed by atoms with E-state index in [1.165, 1.54) is 12.1 Å². The molecule has 0 bridgehead atoms. The number of benzene rings is 2. The number of rotatable bonds is 2. The third-order valence-electron chi connectivity index (χ3n) is 2.50. The number of aryl methyl sites for hydroxylation is 1. The number of carbonyl (C=O) groups excluding carboxylic acids is 1. The molecule has 0 aliphatic rings. The van der Waals surface area contributed by atoms with Gasteiger partial charge in [0.2, 0.25) is 0 Å². The summed E-state index contributed by atoms with van der Waals surface area (Å²) in [6.07, 6.45) is 0. The van der Waals surface area contributed by atoms with Gasteiger partial charge in [-0.3, -0.25) is 4.79 Å². The summed E-state index contributed by atoms with van der Waals surface area (Å²) in [5.74, 6) is -0.541. The zero-order valence-corrected chi connectivity index (χ0v) is 11.9. The Morgan fingerprint density at radius 3 is 2.67 bits per heavy atom. The molecule has 18 heavy (non-hydrogen) atoms. The lowest BCUT2D eigenvalue weighted by molar-refractivity contribution is 0.102. The Kier molecular flexibility index (Phi) is 3.96. The number of hydrogen-bond donors (Lipinski definition) is 1. The molecule has 0 aliphatic heterocycles. The summed E-state index contributed by atoms with van der Waals surface area (Å²) in [7, 11) is 0. The van der Waals surface area contributed by atoms with Gasteiger partial charge >= 0.3 is 0 Å². The lowest BCUT2D eigenvalue weighted by Crippen LogP contribution is -2.12. The minimum atomic E-state index is -0.305. The van der Waals surface area contributed by atoms with Crippen LogP contribution >= 0.6 is 22.6 Å². The van der Waals surface area contributed by atoms with Gasteiger partial charge in [0.1, 0.15) is 5.82 Å². The molecule has 0 fully saturated rings. The van der Waals surface area contributed by atoms with Crippen molar-refractivity contribution in [2.45, 2.75) is 6.92 Å². The highest BCUT2D eigenvalue weighted by Gasteiger charge is 2.08. The molecule has 4 heteroatoms. The fourth-order valence-electron chi connectivity index (χ4n) is 1.56. The molecule has 0 saturated carbocycles. The molecule has 2 aromatic rings. The molecule has 0 atom stereocenters. The molecule has 0 saturated heterocycles. The van der Waals surface area contributed by atoms with Crippen molar-refractivity contribution in [3.05, 3.63) is 63.0 Å². The van der Waals surface area contributed by atoms with Crippen LogP contribution in [0.1, 0.15) is 15.9 Å². The molecule has 0 aromatic heterocycles. The number of anilines is 1. The predicted octanol–water partition coefficient (Wildman–Crippen LogP) is 3.99. The van der Waals surface area contributed by atoms with Gasteiger partial charge in [0.25, 0.3) is 5.91 Å².